The van der Waals surface area contributed by atoms with Crippen molar-refractivity contribution in [2.75, 3.05) is 12.9 Å². The van der Waals surface area contributed by atoms with E-state index >= 15 is 0 Å². The Balaban J connectivity index is 2.48. The minimum absolute atomic E-state index is 0.0994. The van der Waals surface area contributed by atoms with Gasteiger partial charge in [-0.1, -0.05) is 18.7 Å². The fourth-order valence-corrected chi connectivity index (χ4v) is 3.06. The minimum Gasteiger partial charge on any atom is -0.493 e. The molecule has 0 N–H and O–H groups in total. The Morgan fingerprint density at radius 1 is 1.26 bits per heavy atom. The molecule has 0 unspecified atom stereocenters. The second kappa shape index (κ2) is 8.03. The average molecular weight is 390 g/mol. The predicted molar refractivity (Wildman–Crippen MR) is 105 cm³/mol. The van der Waals surface area contributed by atoms with E-state index in [2.05, 4.69) is 0 Å². The van der Waals surface area contributed by atoms with Crippen LogP contribution in [0.5, 0.6) is 0 Å². The summed E-state index contributed by atoms with van der Waals surface area (Å²) in [4.78, 5) is 35.7. The summed E-state index contributed by atoms with van der Waals surface area (Å²) in [5, 5.41) is -0.391. The molecule has 0 aromatic rings. The first-order valence-corrected chi connectivity index (χ1v) is 9.56. The zero-order valence-electron chi connectivity index (χ0n) is 16.4. The molecule has 1 heterocycles. The van der Waals surface area contributed by atoms with Crippen LogP contribution in [0.3, 0.4) is 0 Å². The van der Waals surface area contributed by atoms with Crippen molar-refractivity contribution < 1.29 is 28.4 Å². The van der Waals surface area contributed by atoms with Crippen LogP contribution in [0.4, 0.5) is 0 Å². The molecule has 0 saturated carbocycles. The van der Waals surface area contributed by atoms with E-state index in [1.54, 1.807) is 5.94 Å². The monoisotopic (exact) mass is 390 g/mol. The van der Waals surface area contributed by atoms with Crippen molar-refractivity contribution in [3.63, 3.8) is 0 Å². The van der Waals surface area contributed by atoms with Gasteiger partial charge in [0.15, 0.2) is 5.76 Å². The molecule has 6 nitrogen and oxygen atoms in total. The quantitative estimate of drug-likeness (QED) is 0.406. The number of rotatable bonds is 5. The van der Waals surface area contributed by atoms with Gasteiger partial charge in [0.1, 0.15) is 11.5 Å². The van der Waals surface area contributed by atoms with E-state index in [9.17, 15) is 14.4 Å². The lowest BCUT2D eigenvalue weighted by atomic mass is 9.71. The van der Waals surface area contributed by atoms with E-state index in [0.717, 1.165) is 11.8 Å². The van der Waals surface area contributed by atoms with Gasteiger partial charge in [0.05, 0.1) is 18.3 Å². The number of allylic oxidation sites excluding steroid dienone is 5. The van der Waals surface area contributed by atoms with E-state index in [4.69, 9.17) is 14.0 Å². The van der Waals surface area contributed by atoms with Gasteiger partial charge in [-0.2, -0.15) is 0 Å². The first kappa shape index (κ1) is 21.4. The maximum atomic E-state index is 12.3. The molecule has 1 aliphatic carbocycles. The number of hydrogen-bond acceptors (Lipinski definition) is 7. The van der Waals surface area contributed by atoms with Crippen molar-refractivity contribution >= 4 is 35.7 Å². The van der Waals surface area contributed by atoms with Crippen molar-refractivity contribution in [2.24, 2.45) is 0 Å². The van der Waals surface area contributed by atoms with Crippen molar-refractivity contribution in [1.29, 1.82) is 0 Å². The SMILES string of the molecule is CCSC(=O)C(=C=O)/C=C1\C=C(OC)C(=O)C=C1B1OC(C)(C)C(C)(C)O1. The molecular formula is C19H23BO6S. The van der Waals surface area contributed by atoms with Crippen LogP contribution in [0.25, 0.3) is 0 Å². The molecule has 0 bridgehead atoms. The number of hydrogen-bond donors (Lipinski definition) is 0. The largest absolute Gasteiger partial charge is 0.495 e. The molecule has 0 aromatic heterocycles. The summed E-state index contributed by atoms with van der Waals surface area (Å²) < 4.78 is 17.1. The van der Waals surface area contributed by atoms with E-state index in [1.165, 1.54) is 25.3 Å². The third-order valence-corrected chi connectivity index (χ3v) is 5.55. The van der Waals surface area contributed by atoms with Crippen LogP contribution < -0.4 is 0 Å². The zero-order valence-corrected chi connectivity index (χ0v) is 17.2. The highest BCUT2D eigenvalue weighted by molar-refractivity contribution is 8.14. The van der Waals surface area contributed by atoms with Crippen molar-refractivity contribution in [2.45, 2.75) is 45.8 Å². The summed E-state index contributed by atoms with van der Waals surface area (Å²) in [7, 11) is 0.561. The molecule has 1 fully saturated rings. The second-order valence-corrected chi connectivity index (χ2v) is 8.34. The van der Waals surface area contributed by atoms with Gasteiger partial charge in [0.25, 0.3) is 0 Å². The molecule has 27 heavy (non-hydrogen) atoms. The molecule has 0 amide bonds. The summed E-state index contributed by atoms with van der Waals surface area (Å²) in [6, 6.07) is 0. The Morgan fingerprint density at radius 2 is 1.85 bits per heavy atom. The smallest absolute Gasteiger partial charge is 0.493 e. The van der Waals surface area contributed by atoms with Crippen LogP contribution in [0, 0.1) is 0 Å². The van der Waals surface area contributed by atoms with E-state index < -0.39 is 23.4 Å². The van der Waals surface area contributed by atoms with E-state index in [1.807, 2.05) is 34.6 Å². The average Bonchev–Trinajstić information content (AvgIpc) is 2.81. The van der Waals surface area contributed by atoms with Crippen LogP contribution in [0.1, 0.15) is 34.6 Å². The number of methoxy groups -OCH3 is 1. The highest BCUT2D eigenvalue weighted by Gasteiger charge is 2.53. The number of ketones is 1. The van der Waals surface area contributed by atoms with Crippen LogP contribution >= 0.6 is 11.8 Å². The molecule has 8 heteroatoms. The van der Waals surface area contributed by atoms with Crippen molar-refractivity contribution in [1.82, 2.24) is 0 Å². The first-order valence-electron chi connectivity index (χ1n) is 8.58. The summed E-state index contributed by atoms with van der Waals surface area (Å²) in [6.45, 7) is 9.41. The predicted octanol–water partition coefficient (Wildman–Crippen LogP) is 2.62. The number of carbonyl (C=O) groups is 2. The van der Waals surface area contributed by atoms with Crippen LogP contribution in [-0.4, -0.2) is 48.0 Å². The molecule has 0 spiro atoms. The minimum atomic E-state index is -0.818. The zero-order chi connectivity index (χ0) is 20.4. The van der Waals surface area contributed by atoms with Crippen molar-refractivity contribution in [3.8, 4) is 0 Å². The molecule has 1 aliphatic heterocycles. The Bertz CT molecular complexity index is 783. The summed E-state index contributed by atoms with van der Waals surface area (Å²) >= 11 is 1.01. The highest BCUT2D eigenvalue weighted by atomic mass is 32.2. The van der Waals surface area contributed by atoms with Gasteiger partial charge in [0.2, 0.25) is 10.9 Å². The molecule has 1 saturated heterocycles. The van der Waals surface area contributed by atoms with Crippen LogP contribution in [0.2, 0.25) is 0 Å². The molecular weight excluding hydrogens is 367 g/mol. The maximum absolute atomic E-state index is 12.3. The van der Waals surface area contributed by atoms with E-state index in [0.29, 0.717) is 16.8 Å². The van der Waals surface area contributed by atoms with Gasteiger partial charge >= 0.3 is 7.12 Å². The summed E-state index contributed by atoms with van der Waals surface area (Å²) in [5.41, 5.74) is -0.459. The van der Waals surface area contributed by atoms with Gasteiger partial charge in [-0.3, -0.25) is 9.59 Å². The summed E-state index contributed by atoms with van der Waals surface area (Å²) in [6.07, 6.45) is 4.22. The van der Waals surface area contributed by atoms with Gasteiger partial charge in [-0.25, -0.2) is 4.79 Å². The fraction of sp³-hybridized carbons (Fsp3) is 0.474. The molecule has 0 atom stereocenters. The Labute approximate surface area is 163 Å². The lowest BCUT2D eigenvalue weighted by molar-refractivity contribution is -0.114. The van der Waals surface area contributed by atoms with Crippen molar-refractivity contribution in [3.05, 3.63) is 40.6 Å². The normalized spacial score (nSPS) is 22.2. The Kier molecular flexibility index (Phi) is 6.37. The molecule has 0 radical (unpaired) electrons. The third-order valence-electron chi connectivity index (χ3n) is 4.78. The van der Waals surface area contributed by atoms with Gasteiger partial charge < -0.3 is 14.0 Å². The number of thioether (sulfide) groups is 1. The third kappa shape index (κ3) is 4.35. The molecule has 144 valence electrons. The second-order valence-electron chi connectivity index (χ2n) is 7.10. The molecule has 2 rings (SSSR count). The van der Waals surface area contributed by atoms with Crippen LogP contribution in [0.15, 0.2) is 40.6 Å². The fourth-order valence-electron chi connectivity index (χ4n) is 2.54. The maximum Gasteiger partial charge on any atom is 0.495 e. The molecule has 0 aromatic carbocycles. The van der Waals surface area contributed by atoms with Gasteiger partial charge in [-0.15, -0.1) is 0 Å². The molecule has 2 aliphatic rings. The first-order chi connectivity index (χ1) is 12.6. The number of ether oxygens (including phenoxy) is 1. The van der Waals surface area contributed by atoms with Gasteiger partial charge in [0, 0.05) is 0 Å². The Morgan fingerprint density at radius 3 is 2.33 bits per heavy atom. The lowest BCUT2D eigenvalue weighted by Gasteiger charge is -2.32. The number of carbonyl (C=O) groups excluding carboxylic acids is 3. The highest BCUT2D eigenvalue weighted by Crippen LogP contribution is 2.41. The lowest BCUT2D eigenvalue weighted by Crippen LogP contribution is -2.41. The summed E-state index contributed by atoms with van der Waals surface area (Å²) in [5.74, 6) is 1.97. The Hall–Kier alpha value is -1.86. The standard InChI is InChI=1S/C19H23BO6S/c1-7-27-17(23)13(11-21)8-12-9-16(24-6)15(22)10-14(12)20-25-18(2,3)19(4,5)26-20/h8-10H,7H2,1-6H3/b12-8+. The topological polar surface area (TPSA) is 78.9 Å². The van der Waals surface area contributed by atoms with Crippen LogP contribution in [-0.2, 0) is 28.4 Å². The van der Waals surface area contributed by atoms with Gasteiger partial charge in [-0.05, 0) is 62.7 Å². The van der Waals surface area contributed by atoms with E-state index in [-0.39, 0.29) is 17.1 Å².